The number of carbonyl (C=O) groups is 1. The van der Waals surface area contributed by atoms with Gasteiger partial charge in [-0.2, -0.15) is 0 Å². The molecule has 0 unspecified atom stereocenters. The average Bonchev–Trinajstić information content (AvgIpc) is 2.28. The van der Waals surface area contributed by atoms with E-state index >= 15 is 0 Å². The number of unbranched alkanes of at least 4 members (excludes halogenated alkanes) is 2. The summed E-state index contributed by atoms with van der Waals surface area (Å²) in [5.41, 5.74) is 0.715. The van der Waals surface area contributed by atoms with Crippen LogP contribution in [0.4, 0.5) is 0 Å². The second kappa shape index (κ2) is 7.17. The lowest BCUT2D eigenvalue weighted by Gasteiger charge is -2.17. The largest absolute Gasteiger partial charge is 0.342 e. The Morgan fingerprint density at radius 2 is 2.00 bits per heavy atom. The lowest BCUT2D eigenvalue weighted by atomic mass is 10.2. The predicted octanol–water partition coefficient (Wildman–Crippen LogP) is 4.47. The first-order chi connectivity index (χ1) is 8.06. The summed E-state index contributed by atoms with van der Waals surface area (Å²) in [5.74, 6) is 0.0699. The molecule has 1 rings (SSSR count). The molecule has 0 spiro atoms. The predicted molar refractivity (Wildman–Crippen MR) is 78.3 cm³/mol. The standard InChI is InChI=1S/C13H17Br2NO/c1-3-4-5-8-16(2)13(17)11-7-6-10(14)9-12(11)15/h6-7,9H,3-5,8H2,1-2H3. The number of benzene rings is 1. The number of halogens is 2. The molecule has 0 aliphatic carbocycles. The molecule has 1 aromatic carbocycles. The smallest absolute Gasteiger partial charge is 0.254 e. The van der Waals surface area contributed by atoms with E-state index in [0.717, 1.165) is 21.9 Å². The van der Waals surface area contributed by atoms with Crippen LogP contribution in [0.2, 0.25) is 0 Å². The van der Waals surface area contributed by atoms with Crippen molar-refractivity contribution in [3.05, 3.63) is 32.7 Å². The molecule has 0 fully saturated rings. The van der Waals surface area contributed by atoms with Crippen LogP contribution in [-0.4, -0.2) is 24.4 Å². The van der Waals surface area contributed by atoms with Crippen molar-refractivity contribution in [2.24, 2.45) is 0 Å². The summed E-state index contributed by atoms with van der Waals surface area (Å²) >= 11 is 6.80. The molecule has 0 N–H and O–H groups in total. The van der Waals surface area contributed by atoms with E-state index in [0.29, 0.717) is 5.56 Å². The summed E-state index contributed by atoms with van der Waals surface area (Å²) in [4.78, 5) is 13.9. The van der Waals surface area contributed by atoms with E-state index in [2.05, 4.69) is 38.8 Å². The van der Waals surface area contributed by atoms with Crippen molar-refractivity contribution in [1.82, 2.24) is 4.90 Å². The molecule has 0 radical (unpaired) electrons. The van der Waals surface area contributed by atoms with E-state index in [4.69, 9.17) is 0 Å². The van der Waals surface area contributed by atoms with E-state index in [1.54, 1.807) is 4.90 Å². The van der Waals surface area contributed by atoms with Gasteiger partial charge in [-0.25, -0.2) is 0 Å². The lowest BCUT2D eigenvalue weighted by Crippen LogP contribution is -2.28. The van der Waals surface area contributed by atoms with Crippen LogP contribution in [-0.2, 0) is 0 Å². The minimum absolute atomic E-state index is 0.0699. The maximum Gasteiger partial charge on any atom is 0.254 e. The zero-order valence-electron chi connectivity index (χ0n) is 10.2. The van der Waals surface area contributed by atoms with Crippen LogP contribution >= 0.6 is 31.9 Å². The van der Waals surface area contributed by atoms with Gasteiger partial charge in [0.15, 0.2) is 0 Å². The molecule has 94 valence electrons. The molecule has 0 aliphatic heterocycles. The summed E-state index contributed by atoms with van der Waals surface area (Å²) < 4.78 is 1.80. The van der Waals surface area contributed by atoms with Gasteiger partial charge in [-0.05, 0) is 40.5 Å². The maximum atomic E-state index is 12.2. The minimum Gasteiger partial charge on any atom is -0.342 e. The number of nitrogens with zero attached hydrogens (tertiary/aromatic N) is 1. The number of hydrogen-bond donors (Lipinski definition) is 0. The van der Waals surface area contributed by atoms with Crippen LogP contribution in [0.5, 0.6) is 0 Å². The van der Waals surface area contributed by atoms with E-state index in [9.17, 15) is 4.79 Å². The topological polar surface area (TPSA) is 20.3 Å². The fraction of sp³-hybridized carbons (Fsp3) is 0.462. The van der Waals surface area contributed by atoms with Crippen LogP contribution in [0.3, 0.4) is 0 Å². The molecule has 4 heteroatoms. The van der Waals surface area contributed by atoms with E-state index < -0.39 is 0 Å². The third-order valence-corrected chi connectivity index (χ3v) is 3.75. The minimum atomic E-state index is 0.0699. The van der Waals surface area contributed by atoms with Gasteiger partial charge in [-0.15, -0.1) is 0 Å². The first kappa shape index (κ1) is 14.7. The van der Waals surface area contributed by atoms with Gasteiger partial charge in [-0.3, -0.25) is 4.79 Å². The van der Waals surface area contributed by atoms with Crippen molar-refractivity contribution >= 4 is 37.8 Å². The Balaban J connectivity index is 2.68. The highest BCUT2D eigenvalue weighted by Gasteiger charge is 2.14. The molecule has 0 atom stereocenters. The summed E-state index contributed by atoms with van der Waals surface area (Å²) in [5, 5.41) is 0. The van der Waals surface area contributed by atoms with Crippen molar-refractivity contribution in [3.63, 3.8) is 0 Å². The molecule has 0 saturated heterocycles. The average molecular weight is 363 g/mol. The molecule has 17 heavy (non-hydrogen) atoms. The number of carbonyl (C=O) groups excluding carboxylic acids is 1. The number of amides is 1. The van der Waals surface area contributed by atoms with Gasteiger partial charge in [0, 0.05) is 22.5 Å². The van der Waals surface area contributed by atoms with Gasteiger partial charge in [0.2, 0.25) is 0 Å². The molecule has 0 bridgehead atoms. The normalized spacial score (nSPS) is 10.4. The highest BCUT2D eigenvalue weighted by Crippen LogP contribution is 2.23. The molecule has 1 aromatic rings. The second-order valence-corrected chi connectivity index (χ2v) is 5.83. The van der Waals surface area contributed by atoms with Gasteiger partial charge < -0.3 is 4.90 Å². The first-order valence-corrected chi connectivity index (χ1v) is 7.35. The van der Waals surface area contributed by atoms with Crippen molar-refractivity contribution in [1.29, 1.82) is 0 Å². The zero-order chi connectivity index (χ0) is 12.8. The molecular formula is C13H17Br2NO. The Kier molecular flexibility index (Phi) is 6.20. The summed E-state index contributed by atoms with van der Waals surface area (Å²) in [6.07, 6.45) is 3.40. The highest BCUT2D eigenvalue weighted by molar-refractivity contribution is 9.11. The third-order valence-electron chi connectivity index (χ3n) is 2.61. The highest BCUT2D eigenvalue weighted by atomic mass is 79.9. The van der Waals surface area contributed by atoms with Gasteiger partial charge in [-0.1, -0.05) is 35.7 Å². The Morgan fingerprint density at radius 3 is 2.59 bits per heavy atom. The maximum absolute atomic E-state index is 12.2. The molecule has 0 aromatic heterocycles. The molecule has 0 saturated carbocycles. The van der Waals surface area contributed by atoms with Crippen molar-refractivity contribution in [3.8, 4) is 0 Å². The Labute approximate surface area is 120 Å². The molecule has 0 heterocycles. The van der Waals surface area contributed by atoms with Gasteiger partial charge in [0.25, 0.3) is 5.91 Å². The van der Waals surface area contributed by atoms with Crippen LogP contribution in [0.15, 0.2) is 27.1 Å². The first-order valence-electron chi connectivity index (χ1n) is 5.76. The van der Waals surface area contributed by atoms with Crippen LogP contribution in [0.25, 0.3) is 0 Å². The number of rotatable bonds is 5. The van der Waals surface area contributed by atoms with Gasteiger partial charge >= 0.3 is 0 Å². The summed E-state index contributed by atoms with van der Waals surface area (Å²) in [6.45, 7) is 2.97. The fourth-order valence-electron chi connectivity index (χ4n) is 1.57. The molecule has 2 nitrogen and oxygen atoms in total. The lowest BCUT2D eigenvalue weighted by molar-refractivity contribution is 0.0792. The van der Waals surface area contributed by atoms with Crippen LogP contribution < -0.4 is 0 Å². The van der Waals surface area contributed by atoms with Gasteiger partial charge in [0.1, 0.15) is 0 Å². The van der Waals surface area contributed by atoms with E-state index in [1.807, 2.05) is 25.2 Å². The molecule has 1 amide bonds. The Morgan fingerprint density at radius 1 is 1.29 bits per heavy atom. The Bertz CT molecular complexity index is 393. The quantitative estimate of drug-likeness (QED) is 0.707. The molecular weight excluding hydrogens is 346 g/mol. The third kappa shape index (κ3) is 4.43. The van der Waals surface area contributed by atoms with Crippen molar-refractivity contribution in [2.75, 3.05) is 13.6 Å². The van der Waals surface area contributed by atoms with Crippen molar-refractivity contribution in [2.45, 2.75) is 26.2 Å². The van der Waals surface area contributed by atoms with Gasteiger partial charge in [0.05, 0.1) is 5.56 Å². The van der Waals surface area contributed by atoms with Crippen LogP contribution in [0, 0.1) is 0 Å². The zero-order valence-corrected chi connectivity index (χ0v) is 13.3. The number of hydrogen-bond acceptors (Lipinski definition) is 1. The Hall–Kier alpha value is -0.350. The fourth-order valence-corrected chi connectivity index (χ4v) is 2.79. The van der Waals surface area contributed by atoms with Crippen LogP contribution in [0.1, 0.15) is 36.5 Å². The van der Waals surface area contributed by atoms with E-state index in [-0.39, 0.29) is 5.91 Å². The van der Waals surface area contributed by atoms with Crippen molar-refractivity contribution < 1.29 is 4.79 Å². The molecule has 0 aliphatic rings. The SMILES string of the molecule is CCCCCN(C)C(=O)c1ccc(Br)cc1Br. The monoisotopic (exact) mass is 361 g/mol. The summed E-state index contributed by atoms with van der Waals surface area (Å²) in [6, 6.07) is 5.62. The van der Waals surface area contributed by atoms with E-state index in [1.165, 1.54) is 12.8 Å². The second-order valence-electron chi connectivity index (χ2n) is 4.06. The summed E-state index contributed by atoms with van der Waals surface area (Å²) in [7, 11) is 1.85.